The highest BCUT2D eigenvalue weighted by atomic mass is 19.4. The molecule has 0 spiro atoms. The van der Waals surface area contributed by atoms with Crippen molar-refractivity contribution in [2.45, 2.75) is 32.7 Å². The van der Waals surface area contributed by atoms with Gasteiger partial charge >= 0.3 is 6.18 Å². The first kappa shape index (κ1) is 16.1. The summed E-state index contributed by atoms with van der Waals surface area (Å²) < 4.78 is 45.9. The SMILES string of the molecule is C=CCn1cnc(-c2cc(OC(C)C)cc(C(F)(F)F)c2)n1. The fraction of sp³-hybridized carbons (Fsp3) is 0.333. The summed E-state index contributed by atoms with van der Waals surface area (Å²) in [6.45, 7) is 7.50. The number of hydrogen-bond donors (Lipinski definition) is 0. The zero-order chi connectivity index (χ0) is 16.3. The van der Waals surface area contributed by atoms with Crippen molar-refractivity contribution < 1.29 is 17.9 Å². The van der Waals surface area contributed by atoms with E-state index in [0.29, 0.717) is 6.54 Å². The van der Waals surface area contributed by atoms with Crippen LogP contribution in [-0.4, -0.2) is 20.9 Å². The van der Waals surface area contributed by atoms with E-state index < -0.39 is 11.7 Å². The van der Waals surface area contributed by atoms with Gasteiger partial charge in [-0.3, -0.25) is 0 Å². The Hall–Kier alpha value is -2.31. The third kappa shape index (κ3) is 3.87. The van der Waals surface area contributed by atoms with Crippen molar-refractivity contribution in [2.75, 3.05) is 0 Å². The van der Waals surface area contributed by atoms with Crippen LogP contribution in [0.2, 0.25) is 0 Å². The molecule has 0 saturated carbocycles. The Morgan fingerprint density at radius 1 is 1.32 bits per heavy atom. The lowest BCUT2D eigenvalue weighted by Gasteiger charge is -2.14. The number of ether oxygens (including phenoxy) is 1. The molecule has 4 nitrogen and oxygen atoms in total. The van der Waals surface area contributed by atoms with E-state index >= 15 is 0 Å². The first-order valence-corrected chi connectivity index (χ1v) is 6.69. The predicted molar refractivity (Wildman–Crippen MR) is 76.4 cm³/mol. The van der Waals surface area contributed by atoms with E-state index in [1.165, 1.54) is 17.1 Å². The minimum atomic E-state index is -4.46. The quantitative estimate of drug-likeness (QED) is 0.785. The lowest BCUT2D eigenvalue weighted by molar-refractivity contribution is -0.137. The van der Waals surface area contributed by atoms with Crippen LogP contribution in [-0.2, 0) is 12.7 Å². The molecular formula is C15H16F3N3O. The number of alkyl halides is 3. The molecule has 0 unspecified atom stereocenters. The predicted octanol–water partition coefficient (Wildman–Crippen LogP) is 3.94. The van der Waals surface area contributed by atoms with E-state index in [9.17, 15) is 13.2 Å². The number of aromatic nitrogens is 3. The van der Waals surface area contributed by atoms with Gasteiger partial charge in [0.05, 0.1) is 18.2 Å². The van der Waals surface area contributed by atoms with Crippen molar-refractivity contribution in [1.29, 1.82) is 0 Å². The van der Waals surface area contributed by atoms with Crippen LogP contribution in [0.5, 0.6) is 5.75 Å². The second kappa shape index (κ2) is 6.21. The molecule has 2 rings (SSSR count). The van der Waals surface area contributed by atoms with E-state index in [4.69, 9.17) is 4.74 Å². The highest BCUT2D eigenvalue weighted by molar-refractivity contribution is 5.59. The third-order valence-electron chi connectivity index (χ3n) is 2.72. The fourth-order valence-electron chi connectivity index (χ4n) is 1.88. The minimum Gasteiger partial charge on any atom is -0.491 e. The van der Waals surface area contributed by atoms with Crippen LogP contribution in [0, 0.1) is 0 Å². The zero-order valence-electron chi connectivity index (χ0n) is 12.3. The van der Waals surface area contributed by atoms with E-state index in [1.54, 1.807) is 19.9 Å². The third-order valence-corrected chi connectivity index (χ3v) is 2.72. The monoisotopic (exact) mass is 311 g/mol. The Morgan fingerprint density at radius 2 is 2.05 bits per heavy atom. The number of halogens is 3. The first-order valence-electron chi connectivity index (χ1n) is 6.69. The molecule has 2 aromatic rings. The molecule has 1 heterocycles. The van der Waals surface area contributed by atoms with Crippen LogP contribution in [0.25, 0.3) is 11.4 Å². The molecule has 7 heteroatoms. The van der Waals surface area contributed by atoms with Crippen LogP contribution >= 0.6 is 0 Å². The molecule has 22 heavy (non-hydrogen) atoms. The summed E-state index contributed by atoms with van der Waals surface area (Å²) in [6, 6.07) is 3.49. The Kier molecular flexibility index (Phi) is 4.54. The summed E-state index contributed by atoms with van der Waals surface area (Å²) in [6.07, 6.45) is -1.63. The Morgan fingerprint density at radius 3 is 2.64 bits per heavy atom. The lowest BCUT2D eigenvalue weighted by atomic mass is 10.1. The normalized spacial score (nSPS) is 11.7. The summed E-state index contributed by atoms with van der Waals surface area (Å²) in [5.41, 5.74) is -0.533. The molecule has 0 atom stereocenters. The average molecular weight is 311 g/mol. The summed E-state index contributed by atoms with van der Waals surface area (Å²) >= 11 is 0. The standard InChI is InChI=1S/C15H16F3N3O/c1-4-5-21-9-19-14(20-21)11-6-12(15(16,17)18)8-13(7-11)22-10(2)3/h4,6-10H,1,5H2,2-3H3. The molecule has 0 fully saturated rings. The van der Waals surface area contributed by atoms with Crippen LogP contribution in [0.4, 0.5) is 13.2 Å². The van der Waals surface area contributed by atoms with E-state index in [0.717, 1.165) is 12.1 Å². The second-order valence-electron chi connectivity index (χ2n) is 4.99. The Bertz CT molecular complexity index is 662. The van der Waals surface area contributed by atoms with Crippen molar-refractivity contribution >= 4 is 0 Å². The number of benzene rings is 1. The van der Waals surface area contributed by atoms with Crippen LogP contribution < -0.4 is 4.74 Å². The van der Waals surface area contributed by atoms with Crippen molar-refractivity contribution in [2.24, 2.45) is 0 Å². The molecule has 0 aliphatic carbocycles. The molecule has 0 amide bonds. The topological polar surface area (TPSA) is 39.9 Å². The van der Waals surface area contributed by atoms with Gasteiger partial charge in [-0.1, -0.05) is 6.08 Å². The Labute approximate surface area is 126 Å². The minimum absolute atomic E-state index is 0.139. The molecular weight excluding hydrogens is 295 g/mol. The average Bonchev–Trinajstić information content (AvgIpc) is 2.85. The van der Waals surface area contributed by atoms with E-state index in [-0.39, 0.29) is 23.2 Å². The molecule has 1 aromatic carbocycles. The van der Waals surface area contributed by atoms with Crippen LogP contribution in [0.1, 0.15) is 19.4 Å². The van der Waals surface area contributed by atoms with Gasteiger partial charge in [-0.25, -0.2) is 9.67 Å². The van der Waals surface area contributed by atoms with Crippen molar-refractivity contribution in [3.63, 3.8) is 0 Å². The second-order valence-corrected chi connectivity index (χ2v) is 4.99. The van der Waals surface area contributed by atoms with Gasteiger partial charge in [-0.05, 0) is 32.0 Å². The molecule has 0 bridgehead atoms. The highest BCUT2D eigenvalue weighted by Crippen LogP contribution is 2.35. The van der Waals surface area contributed by atoms with Gasteiger partial charge < -0.3 is 4.74 Å². The van der Waals surface area contributed by atoms with Crippen LogP contribution in [0.3, 0.4) is 0 Å². The van der Waals surface area contributed by atoms with Gasteiger partial charge in [0.2, 0.25) is 0 Å². The number of rotatable bonds is 5. The van der Waals surface area contributed by atoms with Gasteiger partial charge in [-0.15, -0.1) is 6.58 Å². The van der Waals surface area contributed by atoms with E-state index in [1.807, 2.05) is 0 Å². The summed E-state index contributed by atoms with van der Waals surface area (Å²) in [5, 5.41) is 4.13. The van der Waals surface area contributed by atoms with E-state index in [2.05, 4.69) is 16.7 Å². The smallest absolute Gasteiger partial charge is 0.416 e. The van der Waals surface area contributed by atoms with Gasteiger partial charge in [0.1, 0.15) is 12.1 Å². The molecule has 0 radical (unpaired) electrons. The van der Waals surface area contributed by atoms with Crippen LogP contribution in [0.15, 0.2) is 37.2 Å². The number of allylic oxidation sites excluding steroid dienone is 1. The zero-order valence-corrected chi connectivity index (χ0v) is 12.3. The van der Waals surface area contributed by atoms with Gasteiger partial charge in [-0.2, -0.15) is 18.3 Å². The summed E-state index contributed by atoms with van der Waals surface area (Å²) in [4.78, 5) is 4.03. The maximum Gasteiger partial charge on any atom is 0.416 e. The van der Waals surface area contributed by atoms with Gasteiger partial charge in [0, 0.05) is 5.56 Å². The first-order chi connectivity index (χ1) is 10.3. The van der Waals surface area contributed by atoms with Crippen molar-refractivity contribution in [1.82, 2.24) is 14.8 Å². The summed E-state index contributed by atoms with van der Waals surface area (Å²) in [7, 11) is 0. The molecule has 0 aliphatic heterocycles. The maximum atomic E-state index is 13.0. The van der Waals surface area contributed by atoms with Gasteiger partial charge in [0.15, 0.2) is 5.82 Å². The molecule has 118 valence electrons. The maximum absolute atomic E-state index is 13.0. The summed E-state index contributed by atoms with van der Waals surface area (Å²) in [5.74, 6) is 0.349. The molecule has 0 aliphatic rings. The fourth-order valence-corrected chi connectivity index (χ4v) is 1.88. The van der Waals surface area contributed by atoms with Crippen molar-refractivity contribution in [3.8, 4) is 17.1 Å². The molecule has 0 N–H and O–H groups in total. The molecule has 1 aromatic heterocycles. The van der Waals surface area contributed by atoms with Crippen molar-refractivity contribution in [3.05, 3.63) is 42.7 Å². The lowest BCUT2D eigenvalue weighted by Crippen LogP contribution is -2.09. The number of nitrogens with zero attached hydrogens (tertiary/aromatic N) is 3. The largest absolute Gasteiger partial charge is 0.491 e. The Balaban J connectivity index is 2.46. The highest BCUT2D eigenvalue weighted by Gasteiger charge is 2.32. The van der Waals surface area contributed by atoms with Gasteiger partial charge in [0.25, 0.3) is 0 Å². The molecule has 0 saturated heterocycles. The number of hydrogen-bond acceptors (Lipinski definition) is 3.